The van der Waals surface area contributed by atoms with Gasteiger partial charge in [-0.2, -0.15) is 5.10 Å². The molecule has 1 fully saturated rings. The number of nitrogens with zero attached hydrogens (tertiary/aromatic N) is 1. The number of halogens is 1. The van der Waals surface area contributed by atoms with E-state index < -0.39 is 0 Å². The number of anilines is 1. The molecule has 0 radical (unpaired) electrons. The average Bonchev–Trinajstić information content (AvgIpc) is 2.91. The fourth-order valence-corrected chi connectivity index (χ4v) is 3.01. The molecular weight excluding hydrogens is 265 g/mol. The second-order valence-corrected chi connectivity index (χ2v) is 5.73. The minimum Gasteiger partial charge on any atom is -0.382 e. The van der Waals surface area contributed by atoms with E-state index in [0.29, 0.717) is 12.0 Å². The number of fused-ring (bicyclic) bond motifs is 1. The largest absolute Gasteiger partial charge is 0.382 e. The van der Waals surface area contributed by atoms with Crippen LogP contribution >= 0.6 is 0 Å². The number of hydrogen-bond acceptors (Lipinski definition) is 2. The summed E-state index contributed by atoms with van der Waals surface area (Å²) >= 11 is 0. The van der Waals surface area contributed by atoms with Gasteiger partial charge in [0.05, 0.1) is 11.7 Å². The fraction of sp³-hybridized carbons (Fsp3) is 0.235. The lowest BCUT2D eigenvalue weighted by Crippen LogP contribution is -2.33. The van der Waals surface area contributed by atoms with Gasteiger partial charge in [-0.15, -0.1) is 0 Å². The van der Waals surface area contributed by atoms with Gasteiger partial charge >= 0.3 is 0 Å². The Morgan fingerprint density at radius 1 is 1.10 bits per heavy atom. The van der Waals surface area contributed by atoms with E-state index in [2.05, 4.69) is 33.7 Å². The van der Waals surface area contributed by atoms with Crippen LogP contribution in [0.1, 0.15) is 24.3 Å². The quantitative estimate of drug-likeness (QED) is 0.760. The fourth-order valence-electron chi connectivity index (χ4n) is 3.01. The lowest BCUT2D eigenvalue weighted by atomic mass is 9.76. The second kappa shape index (κ2) is 4.88. The van der Waals surface area contributed by atoms with Crippen molar-refractivity contribution in [3.05, 3.63) is 60.0 Å². The van der Waals surface area contributed by atoms with Crippen molar-refractivity contribution in [2.24, 2.45) is 0 Å². The molecule has 1 aliphatic rings. The molecule has 2 N–H and O–H groups in total. The highest BCUT2D eigenvalue weighted by molar-refractivity contribution is 5.81. The summed E-state index contributed by atoms with van der Waals surface area (Å²) in [6.07, 6.45) is 4.01. The van der Waals surface area contributed by atoms with Crippen LogP contribution in [0.5, 0.6) is 0 Å². The Kier molecular flexibility index (Phi) is 2.88. The molecule has 4 heteroatoms. The van der Waals surface area contributed by atoms with Crippen LogP contribution in [0.25, 0.3) is 10.9 Å². The number of benzene rings is 2. The number of rotatable bonds is 3. The second-order valence-electron chi connectivity index (χ2n) is 5.73. The molecule has 1 aliphatic carbocycles. The topological polar surface area (TPSA) is 40.7 Å². The van der Waals surface area contributed by atoms with Crippen LogP contribution < -0.4 is 5.32 Å². The van der Waals surface area contributed by atoms with E-state index in [1.165, 1.54) is 5.56 Å². The monoisotopic (exact) mass is 281 g/mol. The molecule has 106 valence electrons. The zero-order valence-corrected chi connectivity index (χ0v) is 11.5. The summed E-state index contributed by atoms with van der Waals surface area (Å²) in [5.41, 5.74) is 3.40. The average molecular weight is 281 g/mol. The lowest BCUT2D eigenvalue weighted by molar-refractivity contribution is 0.374. The van der Waals surface area contributed by atoms with Crippen molar-refractivity contribution in [1.82, 2.24) is 10.2 Å². The molecule has 0 bridgehead atoms. The molecule has 0 aliphatic heterocycles. The van der Waals surface area contributed by atoms with E-state index in [0.717, 1.165) is 29.4 Å². The van der Waals surface area contributed by atoms with Crippen molar-refractivity contribution in [3.63, 3.8) is 0 Å². The van der Waals surface area contributed by atoms with Crippen molar-refractivity contribution < 1.29 is 4.39 Å². The summed E-state index contributed by atoms with van der Waals surface area (Å²) < 4.78 is 12.9. The summed E-state index contributed by atoms with van der Waals surface area (Å²) in [6, 6.07) is 13.6. The predicted molar refractivity (Wildman–Crippen MR) is 81.9 cm³/mol. The van der Waals surface area contributed by atoms with E-state index >= 15 is 0 Å². The maximum Gasteiger partial charge on any atom is 0.123 e. The van der Waals surface area contributed by atoms with Crippen LogP contribution in [-0.4, -0.2) is 16.2 Å². The van der Waals surface area contributed by atoms with Crippen molar-refractivity contribution in [3.8, 4) is 0 Å². The molecule has 21 heavy (non-hydrogen) atoms. The van der Waals surface area contributed by atoms with Crippen LogP contribution in [0.3, 0.4) is 0 Å². The third-order valence-corrected chi connectivity index (χ3v) is 4.29. The summed E-state index contributed by atoms with van der Waals surface area (Å²) in [4.78, 5) is 0. The molecular formula is C17H16FN3. The van der Waals surface area contributed by atoms with Gasteiger partial charge in [-0.25, -0.2) is 4.39 Å². The van der Waals surface area contributed by atoms with Gasteiger partial charge in [-0.1, -0.05) is 12.1 Å². The molecule has 3 aromatic rings. The summed E-state index contributed by atoms with van der Waals surface area (Å²) in [5, 5.41) is 11.7. The highest BCUT2D eigenvalue weighted by Gasteiger charge is 2.30. The Morgan fingerprint density at radius 2 is 1.90 bits per heavy atom. The lowest BCUT2D eigenvalue weighted by Gasteiger charge is -2.37. The number of hydrogen-bond donors (Lipinski definition) is 2. The Morgan fingerprint density at radius 3 is 2.71 bits per heavy atom. The molecule has 1 heterocycles. The SMILES string of the molecule is Fc1ccc(C2CC(Nc3ccc4cn[nH]c4c3)C2)cc1. The summed E-state index contributed by atoms with van der Waals surface area (Å²) in [6.45, 7) is 0. The first-order valence-electron chi connectivity index (χ1n) is 7.23. The standard InChI is InChI=1S/C17H16FN3/c18-14-4-1-11(2-5-14)13-7-16(8-13)20-15-6-3-12-10-19-21-17(12)9-15/h1-6,9-10,13,16,20H,7-8H2,(H,19,21). The Bertz CT molecular complexity index is 757. The smallest absolute Gasteiger partial charge is 0.123 e. The predicted octanol–water partition coefficient (Wildman–Crippen LogP) is 4.06. The van der Waals surface area contributed by atoms with Crippen LogP contribution in [0, 0.1) is 5.82 Å². The molecule has 0 spiro atoms. The first kappa shape index (κ1) is 12.4. The molecule has 1 saturated carbocycles. The Hall–Kier alpha value is -2.36. The third-order valence-electron chi connectivity index (χ3n) is 4.29. The van der Waals surface area contributed by atoms with Gasteiger partial charge in [0.2, 0.25) is 0 Å². The van der Waals surface area contributed by atoms with E-state index in [-0.39, 0.29) is 5.82 Å². The van der Waals surface area contributed by atoms with Crippen LogP contribution in [0.4, 0.5) is 10.1 Å². The van der Waals surface area contributed by atoms with Gasteiger partial charge in [0.25, 0.3) is 0 Å². The van der Waals surface area contributed by atoms with Crippen LogP contribution in [0.15, 0.2) is 48.7 Å². The van der Waals surface area contributed by atoms with Gasteiger partial charge in [-0.05, 0) is 54.7 Å². The molecule has 0 atom stereocenters. The normalized spacial score (nSPS) is 21.2. The number of H-pyrrole nitrogens is 1. The van der Waals surface area contributed by atoms with Crippen LogP contribution in [0.2, 0.25) is 0 Å². The Balaban J connectivity index is 1.40. The van der Waals surface area contributed by atoms with Crippen LogP contribution in [-0.2, 0) is 0 Å². The van der Waals surface area contributed by atoms with E-state index in [9.17, 15) is 4.39 Å². The van der Waals surface area contributed by atoms with E-state index in [1.807, 2.05) is 18.3 Å². The third kappa shape index (κ3) is 2.37. The highest BCUT2D eigenvalue weighted by atomic mass is 19.1. The molecule has 4 rings (SSSR count). The number of nitrogens with one attached hydrogen (secondary N) is 2. The summed E-state index contributed by atoms with van der Waals surface area (Å²) in [7, 11) is 0. The maximum atomic E-state index is 12.9. The van der Waals surface area contributed by atoms with E-state index in [1.54, 1.807) is 12.1 Å². The molecule has 0 unspecified atom stereocenters. The zero-order chi connectivity index (χ0) is 14.2. The molecule has 0 saturated heterocycles. The Labute approximate surface area is 122 Å². The first-order chi connectivity index (χ1) is 10.3. The van der Waals surface area contributed by atoms with Gasteiger partial charge < -0.3 is 5.32 Å². The molecule has 3 nitrogen and oxygen atoms in total. The molecule has 1 aromatic heterocycles. The van der Waals surface area contributed by atoms with Crippen molar-refractivity contribution in [2.45, 2.75) is 24.8 Å². The number of aromatic amines is 1. The first-order valence-corrected chi connectivity index (χ1v) is 7.23. The van der Waals surface area contributed by atoms with Crippen molar-refractivity contribution >= 4 is 16.6 Å². The van der Waals surface area contributed by atoms with Gasteiger partial charge in [0.1, 0.15) is 5.82 Å². The minimum atomic E-state index is -0.166. The van der Waals surface area contributed by atoms with Crippen molar-refractivity contribution in [1.29, 1.82) is 0 Å². The van der Waals surface area contributed by atoms with E-state index in [4.69, 9.17) is 0 Å². The zero-order valence-electron chi connectivity index (χ0n) is 11.5. The van der Waals surface area contributed by atoms with Crippen molar-refractivity contribution in [2.75, 3.05) is 5.32 Å². The van der Waals surface area contributed by atoms with Gasteiger partial charge in [0.15, 0.2) is 0 Å². The molecule has 0 amide bonds. The van der Waals surface area contributed by atoms with Gasteiger partial charge in [0, 0.05) is 17.1 Å². The summed E-state index contributed by atoms with van der Waals surface area (Å²) in [5.74, 6) is 0.375. The number of aromatic nitrogens is 2. The molecule has 2 aromatic carbocycles. The highest BCUT2D eigenvalue weighted by Crippen LogP contribution is 2.38. The van der Waals surface area contributed by atoms with Gasteiger partial charge in [-0.3, -0.25) is 5.10 Å². The minimum absolute atomic E-state index is 0.166. The maximum absolute atomic E-state index is 12.9.